The lowest BCUT2D eigenvalue weighted by Gasteiger charge is -2.40. The quantitative estimate of drug-likeness (QED) is 0.828. The standard InChI is InChI=1S/C14H24N2O4/c1-15(5-6-20-2)14(19)16-11-3-4-12(16)8-10(7-11)9-13(17)18/h10-12H,3-9H2,1-2H3,(H,17,18). The molecule has 0 aromatic carbocycles. The molecule has 114 valence electrons. The summed E-state index contributed by atoms with van der Waals surface area (Å²) in [5, 5.41) is 8.92. The van der Waals surface area contributed by atoms with Crippen LogP contribution in [0, 0.1) is 5.92 Å². The van der Waals surface area contributed by atoms with Crippen LogP contribution in [0.1, 0.15) is 32.1 Å². The van der Waals surface area contributed by atoms with Gasteiger partial charge in [-0.2, -0.15) is 0 Å². The molecule has 2 atom stereocenters. The topological polar surface area (TPSA) is 70.1 Å². The van der Waals surface area contributed by atoms with Crippen LogP contribution in [0.4, 0.5) is 4.79 Å². The lowest BCUT2D eigenvalue weighted by atomic mass is 9.88. The average molecular weight is 284 g/mol. The second-order valence-electron chi connectivity index (χ2n) is 5.92. The summed E-state index contributed by atoms with van der Waals surface area (Å²) in [6, 6.07) is 0.495. The number of carboxylic acid groups (broad SMARTS) is 1. The highest BCUT2D eigenvalue weighted by atomic mass is 16.5. The van der Waals surface area contributed by atoms with Gasteiger partial charge < -0.3 is 19.6 Å². The first-order chi connectivity index (χ1) is 9.52. The summed E-state index contributed by atoms with van der Waals surface area (Å²) in [6.07, 6.45) is 3.89. The Bertz CT molecular complexity index is 360. The molecular formula is C14H24N2O4. The number of carbonyl (C=O) groups excluding carboxylic acids is 1. The second kappa shape index (κ2) is 6.43. The number of carbonyl (C=O) groups is 2. The van der Waals surface area contributed by atoms with Crippen LogP contribution in [0.5, 0.6) is 0 Å². The minimum atomic E-state index is -0.730. The van der Waals surface area contributed by atoms with Crippen molar-refractivity contribution in [1.29, 1.82) is 0 Å². The van der Waals surface area contributed by atoms with Gasteiger partial charge in [-0.25, -0.2) is 4.79 Å². The van der Waals surface area contributed by atoms with Crippen molar-refractivity contribution in [1.82, 2.24) is 9.80 Å². The van der Waals surface area contributed by atoms with Crippen LogP contribution in [0.2, 0.25) is 0 Å². The monoisotopic (exact) mass is 284 g/mol. The molecule has 2 unspecified atom stereocenters. The zero-order valence-electron chi connectivity index (χ0n) is 12.2. The predicted molar refractivity (Wildman–Crippen MR) is 73.5 cm³/mol. The van der Waals surface area contributed by atoms with Gasteiger partial charge in [0.15, 0.2) is 0 Å². The molecule has 0 aromatic rings. The Balaban J connectivity index is 1.94. The van der Waals surface area contributed by atoms with Crippen LogP contribution in [0.3, 0.4) is 0 Å². The third-order valence-electron chi connectivity index (χ3n) is 4.47. The molecular weight excluding hydrogens is 260 g/mol. The number of hydrogen-bond donors (Lipinski definition) is 1. The smallest absolute Gasteiger partial charge is 0.320 e. The third kappa shape index (κ3) is 3.23. The average Bonchev–Trinajstić information content (AvgIpc) is 2.66. The highest BCUT2D eigenvalue weighted by Crippen LogP contribution is 2.40. The van der Waals surface area contributed by atoms with Gasteiger partial charge in [0.05, 0.1) is 6.61 Å². The van der Waals surface area contributed by atoms with E-state index in [-0.39, 0.29) is 30.5 Å². The molecule has 2 rings (SSSR count). The van der Waals surface area contributed by atoms with Gasteiger partial charge in [0.1, 0.15) is 0 Å². The summed E-state index contributed by atoms with van der Waals surface area (Å²) in [4.78, 5) is 27.0. The molecule has 0 saturated carbocycles. The van der Waals surface area contributed by atoms with E-state index >= 15 is 0 Å². The maximum absolute atomic E-state index is 12.5. The summed E-state index contributed by atoms with van der Waals surface area (Å²) in [5.74, 6) is -0.510. The Morgan fingerprint density at radius 1 is 1.30 bits per heavy atom. The van der Waals surface area contributed by atoms with Crippen LogP contribution in [-0.4, -0.2) is 66.3 Å². The number of hydrogen-bond acceptors (Lipinski definition) is 3. The van der Waals surface area contributed by atoms with E-state index in [0.29, 0.717) is 13.2 Å². The SMILES string of the molecule is COCCN(C)C(=O)N1C2CCC1CC(CC(=O)O)C2. The van der Waals surface area contributed by atoms with Crippen molar-refractivity contribution in [3.8, 4) is 0 Å². The number of piperidine rings is 1. The third-order valence-corrected chi connectivity index (χ3v) is 4.47. The molecule has 0 aromatic heterocycles. The molecule has 0 spiro atoms. The number of urea groups is 1. The number of likely N-dealkylation sites (N-methyl/N-ethyl adjacent to an activating group) is 1. The molecule has 0 aliphatic carbocycles. The Morgan fingerprint density at radius 3 is 2.40 bits per heavy atom. The fourth-order valence-corrected chi connectivity index (χ4v) is 3.54. The highest BCUT2D eigenvalue weighted by Gasteiger charge is 2.44. The molecule has 6 nitrogen and oxygen atoms in total. The number of carboxylic acids is 1. The van der Waals surface area contributed by atoms with Crippen LogP contribution in [-0.2, 0) is 9.53 Å². The summed E-state index contributed by atoms with van der Waals surface area (Å²) in [7, 11) is 3.42. The normalized spacial score (nSPS) is 28.5. The van der Waals surface area contributed by atoms with Gasteiger partial charge in [0.25, 0.3) is 0 Å². The van der Waals surface area contributed by atoms with Gasteiger partial charge in [0.2, 0.25) is 0 Å². The Labute approximate surface area is 119 Å². The summed E-state index contributed by atoms with van der Waals surface area (Å²) in [5.41, 5.74) is 0. The number of methoxy groups -OCH3 is 1. The molecule has 2 aliphatic rings. The van der Waals surface area contributed by atoms with E-state index in [4.69, 9.17) is 9.84 Å². The number of ether oxygens (including phenoxy) is 1. The summed E-state index contributed by atoms with van der Waals surface area (Å²) < 4.78 is 5.00. The second-order valence-corrected chi connectivity index (χ2v) is 5.92. The van der Waals surface area contributed by atoms with Crippen molar-refractivity contribution in [2.75, 3.05) is 27.3 Å². The Morgan fingerprint density at radius 2 is 1.90 bits per heavy atom. The first-order valence-corrected chi connectivity index (χ1v) is 7.27. The van der Waals surface area contributed by atoms with Crippen molar-refractivity contribution in [3.63, 3.8) is 0 Å². The van der Waals surface area contributed by atoms with Crippen LogP contribution < -0.4 is 0 Å². The molecule has 2 bridgehead atoms. The maximum Gasteiger partial charge on any atom is 0.320 e. The van der Waals surface area contributed by atoms with Crippen molar-refractivity contribution in [3.05, 3.63) is 0 Å². The van der Waals surface area contributed by atoms with Crippen molar-refractivity contribution in [2.24, 2.45) is 5.92 Å². The number of fused-ring (bicyclic) bond motifs is 2. The van der Waals surface area contributed by atoms with Crippen molar-refractivity contribution in [2.45, 2.75) is 44.2 Å². The summed E-state index contributed by atoms with van der Waals surface area (Å²) in [6.45, 7) is 1.12. The number of rotatable bonds is 5. The van der Waals surface area contributed by atoms with Crippen molar-refractivity contribution >= 4 is 12.0 Å². The minimum absolute atomic E-state index is 0.0586. The maximum atomic E-state index is 12.5. The van der Waals surface area contributed by atoms with E-state index in [0.717, 1.165) is 25.7 Å². The van der Waals surface area contributed by atoms with E-state index < -0.39 is 5.97 Å². The van der Waals surface area contributed by atoms with E-state index in [1.54, 1.807) is 19.1 Å². The fourth-order valence-electron chi connectivity index (χ4n) is 3.54. The van der Waals surface area contributed by atoms with E-state index in [1.807, 2.05) is 4.90 Å². The molecule has 1 N–H and O–H groups in total. The molecule has 6 heteroatoms. The molecule has 2 amide bonds. The molecule has 0 radical (unpaired) electrons. The fraction of sp³-hybridized carbons (Fsp3) is 0.857. The van der Waals surface area contributed by atoms with Gasteiger partial charge in [-0.05, 0) is 31.6 Å². The Hall–Kier alpha value is -1.30. The van der Waals surface area contributed by atoms with Crippen LogP contribution in [0.15, 0.2) is 0 Å². The molecule has 2 heterocycles. The first-order valence-electron chi connectivity index (χ1n) is 7.27. The Kier molecular flexibility index (Phi) is 4.86. The lowest BCUT2D eigenvalue weighted by Crippen LogP contribution is -2.52. The molecule has 2 saturated heterocycles. The number of amides is 2. The lowest BCUT2D eigenvalue weighted by molar-refractivity contribution is -0.138. The highest BCUT2D eigenvalue weighted by molar-refractivity contribution is 5.75. The van der Waals surface area contributed by atoms with Crippen LogP contribution in [0.25, 0.3) is 0 Å². The van der Waals surface area contributed by atoms with Crippen LogP contribution >= 0.6 is 0 Å². The van der Waals surface area contributed by atoms with Crippen molar-refractivity contribution < 1.29 is 19.4 Å². The van der Waals surface area contributed by atoms with E-state index in [2.05, 4.69) is 0 Å². The number of nitrogens with zero attached hydrogens (tertiary/aromatic N) is 2. The van der Waals surface area contributed by atoms with E-state index in [1.165, 1.54) is 0 Å². The zero-order valence-corrected chi connectivity index (χ0v) is 12.2. The van der Waals surface area contributed by atoms with E-state index in [9.17, 15) is 9.59 Å². The number of aliphatic carboxylic acids is 1. The zero-order chi connectivity index (χ0) is 14.7. The molecule has 20 heavy (non-hydrogen) atoms. The van der Waals surface area contributed by atoms with Gasteiger partial charge in [0, 0.05) is 39.2 Å². The first kappa shape index (κ1) is 15.1. The molecule has 2 fully saturated rings. The molecule has 2 aliphatic heterocycles. The van der Waals surface area contributed by atoms with Gasteiger partial charge in [-0.3, -0.25) is 4.79 Å². The van der Waals surface area contributed by atoms with Gasteiger partial charge >= 0.3 is 12.0 Å². The minimum Gasteiger partial charge on any atom is -0.481 e. The van der Waals surface area contributed by atoms with Gasteiger partial charge in [-0.15, -0.1) is 0 Å². The predicted octanol–water partition coefficient (Wildman–Crippen LogP) is 1.40. The van der Waals surface area contributed by atoms with Gasteiger partial charge in [-0.1, -0.05) is 0 Å². The summed E-state index contributed by atoms with van der Waals surface area (Å²) >= 11 is 0. The largest absolute Gasteiger partial charge is 0.481 e.